The second kappa shape index (κ2) is 13.9. The number of aromatic nitrogens is 1. The van der Waals surface area contributed by atoms with Gasteiger partial charge in [0.05, 0.1) is 37.1 Å². The first kappa shape index (κ1) is 33.5. The van der Waals surface area contributed by atoms with Crippen LogP contribution >= 0.6 is 11.6 Å². The van der Waals surface area contributed by atoms with E-state index in [0.717, 1.165) is 6.07 Å². The summed E-state index contributed by atoms with van der Waals surface area (Å²) >= 11 is 6.39. The van der Waals surface area contributed by atoms with Crippen LogP contribution in [0.5, 0.6) is 23.0 Å². The third kappa shape index (κ3) is 7.10. The summed E-state index contributed by atoms with van der Waals surface area (Å²) in [5.41, 5.74) is 2.00. The standard InChI is InChI=1S/C34H25ClF3N3O7/c1-18(42)47-25-14-12-20(16-28(25)46-3)33(44)48-26-13-11-19(15-27(26)45-2)17-39-41-32(43)31-29(21-7-4-5-10-24(21)35)22-8-6-9-23(30(22)40-31)34(36,37)38/h4-17,40H,1-3H3,(H,41,43). The van der Waals surface area contributed by atoms with E-state index in [0.29, 0.717) is 11.1 Å². The van der Waals surface area contributed by atoms with Crippen LogP contribution in [0.15, 0.2) is 84.0 Å². The number of rotatable bonds is 9. The molecule has 1 amide bonds. The van der Waals surface area contributed by atoms with Crippen molar-refractivity contribution in [1.82, 2.24) is 10.4 Å². The number of ether oxygens (including phenoxy) is 4. The largest absolute Gasteiger partial charge is 0.493 e. The van der Waals surface area contributed by atoms with Gasteiger partial charge in [0.15, 0.2) is 23.0 Å². The Hall–Kier alpha value is -5.82. The zero-order chi connectivity index (χ0) is 34.6. The van der Waals surface area contributed by atoms with Crippen LogP contribution in [0.4, 0.5) is 13.2 Å². The number of methoxy groups -OCH3 is 2. The van der Waals surface area contributed by atoms with Crippen molar-refractivity contribution in [3.05, 3.63) is 106 Å². The highest BCUT2D eigenvalue weighted by atomic mass is 35.5. The molecule has 48 heavy (non-hydrogen) atoms. The van der Waals surface area contributed by atoms with Crippen molar-refractivity contribution in [2.24, 2.45) is 5.10 Å². The van der Waals surface area contributed by atoms with Gasteiger partial charge in [-0.3, -0.25) is 9.59 Å². The minimum absolute atomic E-state index is 0.0645. The quantitative estimate of drug-likeness (QED) is 0.0718. The number of nitrogens with zero attached hydrogens (tertiary/aromatic N) is 1. The molecular formula is C34H25ClF3N3O7. The predicted molar refractivity (Wildman–Crippen MR) is 171 cm³/mol. The number of esters is 2. The molecule has 0 saturated heterocycles. The molecule has 14 heteroatoms. The zero-order valence-corrected chi connectivity index (χ0v) is 26.2. The number of hydrazone groups is 1. The van der Waals surface area contributed by atoms with Crippen molar-refractivity contribution in [1.29, 1.82) is 0 Å². The van der Waals surface area contributed by atoms with Crippen molar-refractivity contribution in [3.8, 4) is 34.1 Å². The molecule has 0 atom stereocenters. The van der Waals surface area contributed by atoms with Gasteiger partial charge in [-0.15, -0.1) is 0 Å². The van der Waals surface area contributed by atoms with Crippen molar-refractivity contribution in [3.63, 3.8) is 0 Å². The third-order valence-corrected chi connectivity index (χ3v) is 7.26. The Morgan fingerprint density at radius 2 is 1.54 bits per heavy atom. The number of H-pyrrole nitrogens is 1. The Morgan fingerprint density at radius 3 is 2.23 bits per heavy atom. The van der Waals surface area contributed by atoms with E-state index in [1.54, 1.807) is 24.3 Å². The molecule has 0 aliphatic carbocycles. The van der Waals surface area contributed by atoms with Crippen LogP contribution in [-0.2, 0) is 11.0 Å². The molecule has 0 bridgehead atoms. The number of fused-ring (bicyclic) bond motifs is 1. The van der Waals surface area contributed by atoms with E-state index in [1.807, 2.05) is 0 Å². The van der Waals surface area contributed by atoms with Gasteiger partial charge >= 0.3 is 18.1 Å². The van der Waals surface area contributed by atoms with Gasteiger partial charge < -0.3 is 23.9 Å². The van der Waals surface area contributed by atoms with E-state index in [4.69, 9.17) is 30.5 Å². The van der Waals surface area contributed by atoms with Crippen molar-refractivity contribution in [2.75, 3.05) is 14.2 Å². The SMILES string of the molecule is COc1cc(C(=O)Oc2ccc(C=NNC(=O)c3[nH]c4c(C(F)(F)F)cccc4c3-c3ccccc3Cl)cc2OC)ccc1OC(C)=O. The van der Waals surface area contributed by atoms with Crippen LogP contribution in [0.3, 0.4) is 0 Å². The maximum Gasteiger partial charge on any atom is 0.418 e. The van der Waals surface area contributed by atoms with Crippen molar-refractivity contribution in [2.45, 2.75) is 13.1 Å². The van der Waals surface area contributed by atoms with Crippen molar-refractivity contribution >= 4 is 46.6 Å². The molecule has 0 spiro atoms. The fourth-order valence-electron chi connectivity index (χ4n) is 4.83. The first-order valence-corrected chi connectivity index (χ1v) is 14.4. The van der Waals surface area contributed by atoms with Crippen LogP contribution in [-0.4, -0.2) is 43.3 Å². The number of halogens is 4. The summed E-state index contributed by atoms with van der Waals surface area (Å²) in [6.07, 6.45) is -3.42. The monoisotopic (exact) mass is 679 g/mol. The van der Waals surface area contributed by atoms with Gasteiger partial charge in [-0.2, -0.15) is 18.3 Å². The summed E-state index contributed by atoms with van der Waals surface area (Å²) in [4.78, 5) is 40.1. The normalized spacial score (nSPS) is 11.4. The van der Waals surface area contributed by atoms with Gasteiger partial charge in [-0.25, -0.2) is 10.2 Å². The molecule has 0 aliphatic rings. The first-order valence-electron chi connectivity index (χ1n) is 14.0. The van der Waals surface area contributed by atoms with E-state index in [2.05, 4.69) is 15.5 Å². The van der Waals surface area contributed by atoms with E-state index in [1.165, 1.54) is 75.9 Å². The van der Waals surface area contributed by atoms with Crippen LogP contribution in [0.1, 0.15) is 38.9 Å². The summed E-state index contributed by atoms with van der Waals surface area (Å²) in [5.74, 6) is -1.64. The lowest BCUT2D eigenvalue weighted by Gasteiger charge is -2.12. The molecule has 0 radical (unpaired) electrons. The summed E-state index contributed by atoms with van der Waals surface area (Å²) < 4.78 is 62.6. The Kier molecular flexibility index (Phi) is 9.71. The van der Waals surface area contributed by atoms with Gasteiger partial charge in [0, 0.05) is 28.5 Å². The maximum absolute atomic E-state index is 13.8. The number of para-hydroxylation sites is 1. The number of alkyl halides is 3. The molecule has 1 heterocycles. The second-order valence-corrected chi connectivity index (χ2v) is 10.4. The molecule has 0 fully saturated rings. The van der Waals surface area contributed by atoms with Gasteiger partial charge in [0.1, 0.15) is 5.69 Å². The summed E-state index contributed by atoms with van der Waals surface area (Å²) in [6, 6.07) is 18.7. The molecule has 5 rings (SSSR count). The Labute approximate surface area is 276 Å². The number of carbonyl (C=O) groups is 3. The lowest BCUT2D eigenvalue weighted by molar-refractivity contribution is -0.136. The minimum Gasteiger partial charge on any atom is -0.493 e. The fourth-order valence-corrected chi connectivity index (χ4v) is 5.06. The highest BCUT2D eigenvalue weighted by molar-refractivity contribution is 6.34. The van der Waals surface area contributed by atoms with Gasteiger partial charge in [-0.05, 0) is 54.1 Å². The minimum atomic E-state index is -4.68. The molecule has 0 saturated carbocycles. The second-order valence-electron chi connectivity index (χ2n) is 10.0. The Balaban J connectivity index is 1.37. The molecule has 5 aromatic rings. The Morgan fingerprint density at radius 1 is 0.854 bits per heavy atom. The molecule has 4 aromatic carbocycles. The maximum atomic E-state index is 13.8. The predicted octanol–water partition coefficient (Wildman–Crippen LogP) is 7.43. The number of aromatic amines is 1. The fraction of sp³-hybridized carbons (Fsp3) is 0.118. The lowest BCUT2D eigenvalue weighted by atomic mass is 10.00. The Bertz CT molecular complexity index is 2080. The van der Waals surface area contributed by atoms with Crippen LogP contribution in [0.25, 0.3) is 22.0 Å². The first-order chi connectivity index (χ1) is 22.9. The average Bonchev–Trinajstić information content (AvgIpc) is 3.44. The summed E-state index contributed by atoms with van der Waals surface area (Å²) in [5, 5.41) is 4.35. The molecule has 1 aromatic heterocycles. The molecular weight excluding hydrogens is 655 g/mol. The molecule has 0 aliphatic heterocycles. The van der Waals surface area contributed by atoms with E-state index in [9.17, 15) is 27.6 Å². The van der Waals surface area contributed by atoms with E-state index in [-0.39, 0.29) is 55.7 Å². The number of carbonyl (C=O) groups excluding carboxylic acids is 3. The van der Waals surface area contributed by atoms with Crippen LogP contribution in [0.2, 0.25) is 5.02 Å². The van der Waals surface area contributed by atoms with E-state index < -0.39 is 29.6 Å². The smallest absolute Gasteiger partial charge is 0.418 e. The number of nitrogens with one attached hydrogen (secondary N) is 2. The number of amides is 1. The van der Waals surface area contributed by atoms with Gasteiger partial charge in [0.25, 0.3) is 5.91 Å². The number of hydrogen-bond acceptors (Lipinski definition) is 8. The van der Waals surface area contributed by atoms with Crippen LogP contribution in [0, 0.1) is 0 Å². The summed E-state index contributed by atoms with van der Waals surface area (Å²) in [6.45, 7) is 1.23. The van der Waals surface area contributed by atoms with Gasteiger partial charge in [-0.1, -0.05) is 41.9 Å². The highest BCUT2D eigenvalue weighted by Crippen LogP contribution is 2.41. The molecule has 0 unspecified atom stereocenters. The highest BCUT2D eigenvalue weighted by Gasteiger charge is 2.35. The zero-order valence-electron chi connectivity index (χ0n) is 25.4. The van der Waals surface area contributed by atoms with E-state index >= 15 is 0 Å². The van der Waals surface area contributed by atoms with Gasteiger partial charge in [0.2, 0.25) is 0 Å². The van der Waals surface area contributed by atoms with Crippen LogP contribution < -0.4 is 24.4 Å². The number of hydrogen-bond donors (Lipinski definition) is 2. The average molecular weight is 680 g/mol. The molecule has 10 nitrogen and oxygen atoms in total. The molecule has 246 valence electrons. The number of benzene rings is 4. The summed E-state index contributed by atoms with van der Waals surface area (Å²) in [7, 11) is 2.71. The third-order valence-electron chi connectivity index (χ3n) is 6.93. The molecule has 2 N–H and O–H groups in total. The lowest BCUT2D eigenvalue weighted by Crippen LogP contribution is -2.19. The topological polar surface area (TPSA) is 128 Å². The van der Waals surface area contributed by atoms with Crippen molar-refractivity contribution < 1.29 is 46.5 Å².